The van der Waals surface area contributed by atoms with E-state index in [-0.39, 0.29) is 24.1 Å². The van der Waals surface area contributed by atoms with E-state index in [9.17, 15) is 9.59 Å². The van der Waals surface area contributed by atoms with Crippen LogP contribution in [-0.4, -0.2) is 39.8 Å². The molecule has 1 aromatic carbocycles. The zero-order chi connectivity index (χ0) is 24.6. The number of carbonyl (C=O) groups excluding carboxylic acids is 1. The molecule has 0 atom stereocenters. The minimum Gasteiger partial charge on any atom is -0.363 e. The number of carbonyl (C=O) groups is 1. The predicted octanol–water partition coefficient (Wildman–Crippen LogP) is 3.98. The van der Waals surface area contributed by atoms with Crippen LogP contribution in [0.5, 0.6) is 0 Å². The van der Waals surface area contributed by atoms with Gasteiger partial charge in [0.2, 0.25) is 0 Å². The van der Waals surface area contributed by atoms with Crippen molar-refractivity contribution in [2.45, 2.75) is 40.3 Å². The average Bonchev–Trinajstić information content (AvgIpc) is 3.22. The lowest BCUT2D eigenvalue weighted by Crippen LogP contribution is -2.28. The molecule has 0 aliphatic rings. The number of fused-ring (bicyclic) bond motifs is 1. The Kier molecular flexibility index (Phi) is 6.24. The molecule has 4 rings (SSSR count). The summed E-state index contributed by atoms with van der Waals surface area (Å²) in [5.41, 5.74) is 5.17. The van der Waals surface area contributed by atoms with Gasteiger partial charge in [-0.25, -0.2) is 4.98 Å². The minimum atomic E-state index is -0.257. The number of benzene rings is 1. The Morgan fingerprint density at radius 1 is 1.12 bits per heavy atom. The summed E-state index contributed by atoms with van der Waals surface area (Å²) >= 11 is 0. The van der Waals surface area contributed by atoms with E-state index >= 15 is 0 Å². The molecule has 3 heterocycles. The number of pyridine rings is 2. The van der Waals surface area contributed by atoms with E-state index in [2.05, 4.69) is 34.2 Å². The Morgan fingerprint density at radius 2 is 1.88 bits per heavy atom. The number of H-pyrrole nitrogens is 1. The van der Waals surface area contributed by atoms with Crippen LogP contribution in [0.15, 0.2) is 47.5 Å². The summed E-state index contributed by atoms with van der Waals surface area (Å²) in [4.78, 5) is 35.0. The molecule has 0 unspecified atom stereocenters. The number of hydrogen-bond donors (Lipinski definition) is 2. The van der Waals surface area contributed by atoms with E-state index in [4.69, 9.17) is 0 Å². The largest absolute Gasteiger partial charge is 0.363 e. The number of aryl methyl sites for hydroxylation is 2. The van der Waals surface area contributed by atoms with Crippen molar-refractivity contribution in [1.82, 2.24) is 25.1 Å². The third kappa shape index (κ3) is 4.44. The molecule has 176 valence electrons. The molecule has 4 aromatic rings. The van der Waals surface area contributed by atoms with Crippen molar-refractivity contribution in [2.75, 3.05) is 19.0 Å². The molecule has 0 aliphatic heterocycles. The topological polar surface area (TPSA) is 95.9 Å². The van der Waals surface area contributed by atoms with E-state index < -0.39 is 0 Å². The standard InChI is InChI=1S/C26H30N6O2/c1-15(2)32-23-11-19(18-7-8-24(27-12-18)31(5)6)10-20(22(23)14-29-32)25(33)28-13-21-16(3)9-17(4)30-26(21)34/h7-12,14-15H,13H2,1-6H3,(H,28,33)(H,30,34). The first-order valence-corrected chi connectivity index (χ1v) is 11.3. The lowest BCUT2D eigenvalue weighted by molar-refractivity contribution is 0.0952. The molecule has 1 amide bonds. The van der Waals surface area contributed by atoms with Crippen LogP contribution in [0.25, 0.3) is 22.0 Å². The molecule has 8 nitrogen and oxygen atoms in total. The van der Waals surface area contributed by atoms with Crippen molar-refractivity contribution in [1.29, 1.82) is 0 Å². The number of rotatable bonds is 6. The highest BCUT2D eigenvalue weighted by atomic mass is 16.1. The number of nitrogens with one attached hydrogen (secondary N) is 2. The van der Waals surface area contributed by atoms with Gasteiger partial charge in [-0.05, 0) is 69.2 Å². The van der Waals surface area contributed by atoms with E-state index in [1.165, 1.54) is 0 Å². The Morgan fingerprint density at radius 3 is 2.50 bits per heavy atom. The van der Waals surface area contributed by atoms with Gasteiger partial charge in [0.1, 0.15) is 5.82 Å². The van der Waals surface area contributed by atoms with E-state index in [0.717, 1.165) is 39.1 Å². The highest BCUT2D eigenvalue weighted by Crippen LogP contribution is 2.29. The highest BCUT2D eigenvalue weighted by molar-refractivity contribution is 6.08. The van der Waals surface area contributed by atoms with Gasteiger partial charge < -0.3 is 15.2 Å². The fraction of sp³-hybridized carbons (Fsp3) is 0.308. The van der Waals surface area contributed by atoms with E-state index in [1.54, 1.807) is 6.20 Å². The quantitative estimate of drug-likeness (QED) is 0.456. The lowest BCUT2D eigenvalue weighted by Gasteiger charge is -2.14. The first kappa shape index (κ1) is 23.2. The first-order chi connectivity index (χ1) is 16.2. The molecule has 34 heavy (non-hydrogen) atoms. The van der Waals surface area contributed by atoms with Crippen LogP contribution < -0.4 is 15.8 Å². The number of aromatic amines is 1. The van der Waals surface area contributed by atoms with Gasteiger partial charge in [0.05, 0.1) is 17.3 Å². The maximum Gasteiger partial charge on any atom is 0.253 e. The summed E-state index contributed by atoms with van der Waals surface area (Å²) < 4.78 is 1.91. The van der Waals surface area contributed by atoms with Crippen molar-refractivity contribution in [2.24, 2.45) is 0 Å². The summed E-state index contributed by atoms with van der Waals surface area (Å²) in [6, 6.07) is 9.88. The van der Waals surface area contributed by atoms with Crippen molar-refractivity contribution < 1.29 is 4.79 Å². The first-order valence-electron chi connectivity index (χ1n) is 11.3. The summed E-state index contributed by atoms with van der Waals surface area (Å²) in [6.45, 7) is 7.96. The molecule has 3 aromatic heterocycles. The number of hydrogen-bond acceptors (Lipinski definition) is 5. The zero-order valence-electron chi connectivity index (χ0n) is 20.4. The van der Waals surface area contributed by atoms with Gasteiger partial charge in [0.15, 0.2) is 0 Å². The molecule has 0 saturated carbocycles. The molecule has 2 N–H and O–H groups in total. The van der Waals surface area contributed by atoms with Crippen molar-refractivity contribution in [3.8, 4) is 11.1 Å². The van der Waals surface area contributed by atoms with Gasteiger partial charge in [-0.1, -0.05) is 0 Å². The maximum atomic E-state index is 13.3. The maximum absolute atomic E-state index is 13.3. The molecule has 0 fully saturated rings. The molecule has 0 radical (unpaired) electrons. The van der Waals surface area contributed by atoms with Crippen molar-refractivity contribution in [3.05, 3.63) is 75.5 Å². The number of anilines is 1. The number of aromatic nitrogens is 4. The highest BCUT2D eigenvalue weighted by Gasteiger charge is 2.18. The monoisotopic (exact) mass is 458 g/mol. The molecular weight excluding hydrogens is 428 g/mol. The summed E-state index contributed by atoms with van der Waals surface area (Å²) in [7, 11) is 3.89. The smallest absolute Gasteiger partial charge is 0.253 e. The van der Waals surface area contributed by atoms with Gasteiger partial charge >= 0.3 is 0 Å². The minimum absolute atomic E-state index is 0.131. The normalized spacial score (nSPS) is 11.3. The number of amides is 1. The molecular formula is C26H30N6O2. The van der Waals surface area contributed by atoms with Gasteiger partial charge in [0.25, 0.3) is 11.5 Å². The Hall–Kier alpha value is -3.94. The third-order valence-electron chi connectivity index (χ3n) is 5.91. The Bertz CT molecular complexity index is 1410. The Balaban J connectivity index is 1.75. The second-order valence-electron chi connectivity index (χ2n) is 9.06. The molecule has 0 spiro atoms. The van der Waals surface area contributed by atoms with Crippen LogP contribution in [0.1, 0.15) is 47.1 Å². The second kappa shape index (κ2) is 9.13. The zero-order valence-corrected chi connectivity index (χ0v) is 20.4. The van der Waals surface area contributed by atoms with Gasteiger partial charge in [-0.2, -0.15) is 5.10 Å². The SMILES string of the molecule is Cc1cc(C)c(CNC(=O)c2cc(-c3ccc(N(C)C)nc3)cc3c2cnn3C(C)C)c(=O)[nH]1. The predicted molar refractivity (Wildman–Crippen MR) is 135 cm³/mol. The van der Waals surface area contributed by atoms with Crippen LogP contribution in [0.2, 0.25) is 0 Å². The molecule has 0 aliphatic carbocycles. The summed E-state index contributed by atoms with van der Waals surface area (Å²) in [5.74, 6) is 0.598. The third-order valence-corrected chi connectivity index (χ3v) is 5.91. The van der Waals surface area contributed by atoms with Crippen LogP contribution in [0, 0.1) is 13.8 Å². The van der Waals surface area contributed by atoms with E-state index in [1.807, 2.05) is 74.1 Å². The van der Waals surface area contributed by atoms with Crippen LogP contribution in [0.3, 0.4) is 0 Å². The van der Waals surface area contributed by atoms with Crippen molar-refractivity contribution in [3.63, 3.8) is 0 Å². The summed E-state index contributed by atoms with van der Waals surface area (Å²) in [5, 5.41) is 8.22. The fourth-order valence-corrected chi connectivity index (χ4v) is 4.10. The lowest BCUT2D eigenvalue weighted by atomic mass is 10.0. The molecule has 8 heteroatoms. The molecule has 0 saturated heterocycles. The van der Waals surface area contributed by atoms with E-state index in [0.29, 0.717) is 11.1 Å². The summed E-state index contributed by atoms with van der Waals surface area (Å²) in [6.07, 6.45) is 3.54. The van der Waals surface area contributed by atoms with Crippen molar-refractivity contribution >= 4 is 22.6 Å². The van der Waals surface area contributed by atoms with Crippen LogP contribution in [0.4, 0.5) is 5.82 Å². The van der Waals surface area contributed by atoms with Gasteiger partial charge in [-0.15, -0.1) is 0 Å². The van der Waals surface area contributed by atoms with Gasteiger partial charge in [-0.3, -0.25) is 14.3 Å². The van der Waals surface area contributed by atoms with Crippen LogP contribution >= 0.6 is 0 Å². The molecule has 0 bridgehead atoms. The fourth-order valence-electron chi connectivity index (χ4n) is 4.10. The Labute approximate surface area is 198 Å². The van der Waals surface area contributed by atoms with Crippen LogP contribution in [-0.2, 0) is 6.54 Å². The average molecular weight is 459 g/mol. The second-order valence-corrected chi connectivity index (χ2v) is 9.06. The number of nitrogens with zero attached hydrogens (tertiary/aromatic N) is 4. The van der Waals surface area contributed by atoms with Gasteiger partial charge in [0, 0.05) is 55.1 Å².